The van der Waals surface area contributed by atoms with Crippen LogP contribution in [-0.4, -0.2) is 4.57 Å². The van der Waals surface area contributed by atoms with Gasteiger partial charge in [-0.3, -0.25) is 0 Å². The number of nitrogens with zero attached hydrogens (tertiary/aromatic N) is 2. The number of aromatic nitrogens is 1. The summed E-state index contributed by atoms with van der Waals surface area (Å²) >= 11 is 0. The van der Waals surface area contributed by atoms with Crippen LogP contribution in [0.2, 0.25) is 0 Å². The van der Waals surface area contributed by atoms with Crippen molar-refractivity contribution in [1.82, 2.24) is 4.57 Å². The maximum Gasteiger partial charge on any atom is 0.159 e. The lowest BCUT2D eigenvalue weighted by Gasteiger charge is -2.26. The minimum atomic E-state index is 0.867. The minimum absolute atomic E-state index is 0.867. The Balaban J connectivity index is 1.12. The molecule has 0 bridgehead atoms. The van der Waals surface area contributed by atoms with Crippen LogP contribution in [0.5, 0.6) is 0 Å². The Kier molecular flexibility index (Phi) is 6.81. The lowest BCUT2D eigenvalue weighted by molar-refractivity contribution is 0.669. The van der Waals surface area contributed by atoms with Gasteiger partial charge in [0.1, 0.15) is 5.58 Å². The molecule has 0 fully saturated rings. The van der Waals surface area contributed by atoms with Crippen LogP contribution >= 0.6 is 0 Å². The van der Waals surface area contributed by atoms with Gasteiger partial charge in [-0.25, -0.2) is 0 Å². The highest BCUT2D eigenvalue weighted by molar-refractivity contribution is 6.11. The molecule has 0 aliphatic heterocycles. The third-order valence-corrected chi connectivity index (χ3v) is 10.0. The van der Waals surface area contributed by atoms with Crippen LogP contribution in [0.15, 0.2) is 199 Å². The van der Waals surface area contributed by atoms with Gasteiger partial charge in [0.25, 0.3) is 0 Å². The number of anilines is 3. The van der Waals surface area contributed by atoms with Crippen LogP contribution in [0.1, 0.15) is 0 Å². The molecular weight excluding hydrogens is 621 g/mol. The first-order valence-corrected chi connectivity index (χ1v) is 17.4. The third-order valence-electron chi connectivity index (χ3n) is 10.0. The molecule has 0 aliphatic rings. The van der Waals surface area contributed by atoms with E-state index >= 15 is 0 Å². The standard InChI is InChI=1S/C48H32N2O/c1-2-13-33(14-3-1)34-25-29-36(30-26-34)49(46-23-12-19-42-41-18-7-11-24-47(41)51-48(42)46)37-31-27-35(28-32-37)38-15-4-8-20-43(38)50-44-21-9-5-16-39(44)40-17-6-10-22-45(40)50/h1-32H. The second-order valence-corrected chi connectivity index (χ2v) is 12.9. The molecule has 8 aromatic carbocycles. The average Bonchev–Trinajstić information content (AvgIpc) is 3.75. The number of hydrogen-bond acceptors (Lipinski definition) is 2. The van der Waals surface area contributed by atoms with E-state index in [0.29, 0.717) is 0 Å². The fourth-order valence-corrected chi connectivity index (χ4v) is 7.65. The molecule has 2 heterocycles. The summed E-state index contributed by atoms with van der Waals surface area (Å²) in [6, 6.07) is 69.0. The molecule has 0 N–H and O–H groups in total. The summed E-state index contributed by atoms with van der Waals surface area (Å²) in [6.07, 6.45) is 0. The fraction of sp³-hybridized carbons (Fsp3) is 0. The zero-order valence-corrected chi connectivity index (χ0v) is 27.8. The molecular formula is C48H32N2O. The molecule has 3 nitrogen and oxygen atoms in total. The van der Waals surface area contributed by atoms with Gasteiger partial charge in [0.15, 0.2) is 5.58 Å². The molecule has 51 heavy (non-hydrogen) atoms. The van der Waals surface area contributed by atoms with Gasteiger partial charge in [-0.15, -0.1) is 0 Å². The van der Waals surface area contributed by atoms with Crippen LogP contribution in [-0.2, 0) is 0 Å². The maximum atomic E-state index is 6.58. The summed E-state index contributed by atoms with van der Waals surface area (Å²) < 4.78 is 8.98. The summed E-state index contributed by atoms with van der Waals surface area (Å²) in [6.45, 7) is 0. The lowest BCUT2D eigenvalue weighted by atomic mass is 10.0. The van der Waals surface area contributed by atoms with Gasteiger partial charge >= 0.3 is 0 Å². The van der Waals surface area contributed by atoms with E-state index in [9.17, 15) is 0 Å². The van der Waals surface area contributed by atoms with Crippen LogP contribution in [0.4, 0.5) is 17.1 Å². The van der Waals surface area contributed by atoms with Crippen LogP contribution in [0.25, 0.3) is 71.7 Å². The van der Waals surface area contributed by atoms with Gasteiger partial charge in [-0.05, 0) is 71.3 Å². The molecule has 3 heteroatoms. The maximum absolute atomic E-state index is 6.58. The number of fused-ring (bicyclic) bond motifs is 6. The Morgan fingerprint density at radius 1 is 0.373 bits per heavy atom. The second-order valence-electron chi connectivity index (χ2n) is 12.9. The van der Waals surface area contributed by atoms with Gasteiger partial charge in [-0.1, -0.05) is 140 Å². The Morgan fingerprint density at radius 2 is 0.902 bits per heavy atom. The summed E-state index contributed by atoms with van der Waals surface area (Å²) in [5.41, 5.74) is 13.1. The Labute approximate surface area is 295 Å². The van der Waals surface area contributed by atoms with Crippen molar-refractivity contribution in [3.8, 4) is 27.9 Å². The Bertz CT molecular complexity index is 2790. The normalized spacial score (nSPS) is 11.5. The lowest BCUT2D eigenvalue weighted by Crippen LogP contribution is -2.10. The Morgan fingerprint density at radius 3 is 1.61 bits per heavy atom. The second kappa shape index (κ2) is 11.9. The number of furan rings is 1. The van der Waals surface area contributed by atoms with Crippen molar-refractivity contribution < 1.29 is 4.42 Å². The molecule has 0 amide bonds. The molecule has 10 aromatic rings. The average molecular weight is 653 g/mol. The number of benzene rings is 8. The number of para-hydroxylation sites is 5. The van der Waals surface area contributed by atoms with E-state index in [1.165, 1.54) is 38.5 Å². The van der Waals surface area contributed by atoms with Crippen LogP contribution in [0.3, 0.4) is 0 Å². The van der Waals surface area contributed by atoms with Crippen molar-refractivity contribution in [2.45, 2.75) is 0 Å². The van der Waals surface area contributed by atoms with E-state index in [1.807, 2.05) is 12.1 Å². The largest absolute Gasteiger partial charge is 0.454 e. The van der Waals surface area contributed by atoms with Crippen molar-refractivity contribution in [3.63, 3.8) is 0 Å². The SMILES string of the molecule is c1ccc(-c2ccc(N(c3ccc(-c4ccccc4-n4c5ccccc5c5ccccc54)cc3)c3cccc4c3oc3ccccc34)cc2)cc1. The molecule has 2 aromatic heterocycles. The first kappa shape index (κ1) is 29.1. The molecule has 10 rings (SSSR count). The first-order chi connectivity index (χ1) is 25.3. The highest BCUT2D eigenvalue weighted by Crippen LogP contribution is 2.43. The molecule has 240 valence electrons. The zero-order valence-electron chi connectivity index (χ0n) is 27.8. The smallest absolute Gasteiger partial charge is 0.159 e. The molecule has 0 atom stereocenters. The van der Waals surface area contributed by atoms with Crippen molar-refractivity contribution in [2.75, 3.05) is 4.90 Å². The zero-order chi connectivity index (χ0) is 33.7. The van der Waals surface area contributed by atoms with E-state index in [1.54, 1.807) is 0 Å². The van der Waals surface area contributed by atoms with Crippen molar-refractivity contribution in [3.05, 3.63) is 194 Å². The van der Waals surface area contributed by atoms with Gasteiger partial charge in [0.2, 0.25) is 0 Å². The predicted molar refractivity (Wildman–Crippen MR) is 214 cm³/mol. The van der Waals surface area contributed by atoms with Crippen LogP contribution < -0.4 is 4.90 Å². The third kappa shape index (κ3) is 4.82. The summed E-state index contributed by atoms with van der Waals surface area (Å²) in [7, 11) is 0. The van der Waals surface area contributed by atoms with E-state index in [-0.39, 0.29) is 0 Å². The highest BCUT2D eigenvalue weighted by Gasteiger charge is 2.20. The fourth-order valence-electron chi connectivity index (χ4n) is 7.65. The monoisotopic (exact) mass is 652 g/mol. The number of hydrogen-bond donors (Lipinski definition) is 0. The quantitative estimate of drug-likeness (QED) is 0.178. The van der Waals surface area contributed by atoms with Gasteiger partial charge in [-0.2, -0.15) is 0 Å². The molecule has 0 saturated carbocycles. The van der Waals surface area contributed by atoms with E-state index in [4.69, 9.17) is 4.42 Å². The minimum Gasteiger partial charge on any atom is -0.454 e. The summed E-state index contributed by atoms with van der Waals surface area (Å²) in [5, 5.41) is 4.73. The molecule has 0 unspecified atom stereocenters. The summed E-state index contributed by atoms with van der Waals surface area (Å²) in [4.78, 5) is 2.31. The van der Waals surface area contributed by atoms with Gasteiger partial charge < -0.3 is 13.9 Å². The molecule has 0 saturated heterocycles. The predicted octanol–water partition coefficient (Wildman–Crippen LogP) is 13.5. The van der Waals surface area contributed by atoms with Crippen molar-refractivity contribution in [2.24, 2.45) is 0 Å². The van der Waals surface area contributed by atoms with Gasteiger partial charge in [0.05, 0.1) is 22.4 Å². The van der Waals surface area contributed by atoms with Crippen LogP contribution in [0, 0.1) is 0 Å². The van der Waals surface area contributed by atoms with Crippen molar-refractivity contribution >= 4 is 60.8 Å². The summed E-state index contributed by atoms with van der Waals surface area (Å²) in [5.74, 6) is 0. The number of rotatable bonds is 6. The van der Waals surface area contributed by atoms with E-state index < -0.39 is 0 Å². The highest BCUT2D eigenvalue weighted by atomic mass is 16.3. The topological polar surface area (TPSA) is 21.3 Å². The molecule has 0 aliphatic carbocycles. The van der Waals surface area contributed by atoms with E-state index in [0.717, 1.165) is 50.3 Å². The van der Waals surface area contributed by atoms with E-state index in [2.05, 4.69) is 191 Å². The molecule has 0 radical (unpaired) electrons. The molecule has 0 spiro atoms. The Hall–Kier alpha value is -6.84. The first-order valence-electron chi connectivity index (χ1n) is 17.4. The van der Waals surface area contributed by atoms with Gasteiger partial charge in [0, 0.05) is 38.5 Å². The van der Waals surface area contributed by atoms with Crippen molar-refractivity contribution in [1.29, 1.82) is 0 Å².